The number of halogens is 2. The van der Waals surface area contributed by atoms with Gasteiger partial charge >= 0.3 is 0 Å². The van der Waals surface area contributed by atoms with E-state index in [1.54, 1.807) is 6.07 Å². The predicted octanol–water partition coefficient (Wildman–Crippen LogP) is 4.26. The molecule has 21 heavy (non-hydrogen) atoms. The summed E-state index contributed by atoms with van der Waals surface area (Å²) in [6.45, 7) is 5.49. The van der Waals surface area contributed by atoms with Crippen LogP contribution in [-0.2, 0) is 0 Å². The lowest BCUT2D eigenvalue weighted by molar-refractivity contribution is -0.00281. The van der Waals surface area contributed by atoms with Gasteiger partial charge in [-0.3, -0.25) is 4.90 Å². The van der Waals surface area contributed by atoms with Gasteiger partial charge in [0.05, 0.1) is 4.47 Å². The van der Waals surface area contributed by atoms with Crippen molar-refractivity contribution in [2.24, 2.45) is 0 Å². The van der Waals surface area contributed by atoms with Crippen molar-refractivity contribution in [2.75, 3.05) is 19.6 Å². The first-order valence-corrected chi connectivity index (χ1v) is 8.84. The van der Waals surface area contributed by atoms with E-state index < -0.39 is 0 Å². The zero-order chi connectivity index (χ0) is 14.9. The average molecular weight is 355 g/mol. The number of benzene rings is 1. The molecule has 3 rings (SSSR count). The number of piperazine rings is 1. The van der Waals surface area contributed by atoms with E-state index in [1.807, 2.05) is 12.1 Å². The predicted molar refractivity (Wildman–Crippen MR) is 87.9 cm³/mol. The Morgan fingerprint density at radius 1 is 1.29 bits per heavy atom. The van der Waals surface area contributed by atoms with E-state index in [4.69, 9.17) is 0 Å². The molecule has 116 valence electrons. The molecule has 0 aromatic heterocycles. The first kappa shape index (κ1) is 15.4. The third-order valence-corrected chi connectivity index (χ3v) is 5.88. The van der Waals surface area contributed by atoms with Gasteiger partial charge in [0, 0.05) is 31.2 Å². The van der Waals surface area contributed by atoms with Gasteiger partial charge in [-0.05, 0) is 53.4 Å². The highest BCUT2D eigenvalue weighted by Gasteiger charge is 2.41. The summed E-state index contributed by atoms with van der Waals surface area (Å²) in [7, 11) is 0. The standard InChI is InChI=1S/C17H24BrFN2/c1-13(14-5-6-16(19)15(18)11-14)21-10-9-20-12-17(21)7-3-2-4-8-17/h5-6,11,13,20H,2-4,7-10,12H2,1H3. The molecule has 1 spiro atoms. The summed E-state index contributed by atoms with van der Waals surface area (Å²) in [5.74, 6) is -0.182. The zero-order valence-corrected chi connectivity index (χ0v) is 14.3. The highest BCUT2D eigenvalue weighted by Crippen LogP contribution is 2.39. The van der Waals surface area contributed by atoms with E-state index in [-0.39, 0.29) is 5.82 Å². The molecular formula is C17H24BrFN2. The molecule has 1 heterocycles. The second kappa shape index (κ2) is 6.35. The Morgan fingerprint density at radius 3 is 2.76 bits per heavy atom. The van der Waals surface area contributed by atoms with Gasteiger partial charge in [0.2, 0.25) is 0 Å². The molecule has 2 fully saturated rings. The molecule has 1 unspecified atom stereocenters. The minimum Gasteiger partial charge on any atom is -0.314 e. The van der Waals surface area contributed by atoms with Crippen molar-refractivity contribution in [1.82, 2.24) is 10.2 Å². The van der Waals surface area contributed by atoms with E-state index in [0.717, 1.165) is 19.6 Å². The fourth-order valence-corrected chi connectivity index (χ4v) is 4.49. The minimum absolute atomic E-state index is 0.182. The summed E-state index contributed by atoms with van der Waals surface area (Å²) in [5, 5.41) is 3.59. The summed E-state index contributed by atoms with van der Waals surface area (Å²) < 4.78 is 14.1. The molecule has 0 bridgehead atoms. The molecule has 2 nitrogen and oxygen atoms in total. The van der Waals surface area contributed by atoms with Crippen molar-refractivity contribution in [1.29, 1.82) is 0 Å². The summed E-state index contributed by atoms with van der Waals surface area (Å²) in [4.78, 5) is 2.67. The lowest BCUT2D eigenvalue weighted by atomic mass is 9.78. The van der Waals surface area contributed by atoms with Gasteiger partial charge in [0.25, 0.3) is 0 Å². The molecule has 1 N–H and O–H groups in total. The fraction of sp³-hybridized carbons (Fsp3) is 0.647. The van der Waals surface area contributed by atoms with Crippen LogP contribution in [0.25, 0.3) is 0 Å². The van der Waals surface area contributed by atoms with E-state index in [1.165, 1.54) is 37.7 Å². The van der Waals surface area contributed by atoms with Crippen LogP contribution in [0.2, 0.25) is 0 Å². The summed E-state index contributed by atoms with van der Waals surface area (Å²) in [6, 6.07) is 5.79. The number of nitrogens with zero attached hydrogens (tertiary/aromatic N) is 1. The lowest BCUT2D eigenvalue weighted by Gasteiger charge is -2.52. The van der Waals surface area contributed by atoms with Crippen molar-refractivity contribution in [2.45, 2.75) is 50.6 Å². The number of hydrogen-bond acceptors (Lipinski definition) is 2. The van der Waals surface area contributed by atoms with Crippen LogP contribution in [0, 0.1) is 5.82 Å². The van der Waals surface area contributed by atoms with Crippen LogP contribution >= 0.6 is 15.9 Å². The van der Waals surface area contributed by atoms with Crippen LogP contribution in [-0.4, -0.2) is 30.1 Å². The first-order chi connectivity index (χ1) is 10.1. The van der Waals surface area contributed by atoms with Crippen molar-refractivity contribution >= 4 is 15.9 Å². The maximum absolute atomic E-state index is 13.5. The normalized spacial score (nSPS) is 24.1. The zero-order valence-electron chi connectivity index (χ0n) is 12.7. The largest absolute Gasteiger partial charge is 0.314 e. The van der Waals surface area contributed by atoms with Gasteiger partial charge in [-0.25, -0.2) is 4.39 Å². The Morgan fingerprint density at radius 2 is 2.05 bits per heavy atom. The monoisotopic (exact) mass is 354 g/mol. The Kier molecular flexibility index (Phi) is 4.67. The Hall–Kier alpha value is -0.450. The van der Waals surface area contributed by atoms with Crippen molar-refractivity contribution in [3.05, 3.63) is 34.1 Å². The number of rotatable bonds is 2. The van der Waals surface area contributed by atoms with Crippen molar-refractivity contribution in [3.8, 4) is 0 Å². The minimum atomic E-state index is -0.182. The van der Waals surface area contributed by atoms with E-state index >= 15 is 0 Å². The quantitative estimate of drug-likeness (QED) is 0.853. The molecule has 1 atom stereocenters. The van der Waals surface area contributed by atoms with Gasteiger partial charge in [-0.15, -0.1) is 0 Å². The van der Waals surface area contributed by atoms with Crippen LogP contribution in [0.4, 0.5) is 4.39 Å². The molecule has 4 heteroatoms. The third-order valence-electron chi connectivity index (χ3n) is 5.27. The van der Waals surface area contributed by atoms with E-state index in [0.29, 0.717) is 16.1 Å². The number of nitrogens with one attached hydrogen (secondary N) is 1. The van der Waals surface area contributed by atoms with Crippen LogP contribution < -0.4 is 5.32 Å². The van der Waals surface area contributed by atoms with Gasteiger partial charge in [0.15, 0.2) is 0 Å². The molecule has 1 aromatic rings. The first-order valence-electron chi connectivity index (χ1n) is 8.05. The molecule has 1 aromatic carbocycles. The average Bonchev–Trinajstić information content (AvgIpc) is 2.51. The van der Waals surface area contributed by atoms with Gasteiger partial charge in [-0.2, -0.15) is 0 Å². The third kappa shape index (κ3) is 3.03. The second-order valence-electron chi connectivity index (χ2n) is 6.50. The Balaban J connectivity index is 1.86. The summed E-state index contributed by atoms with van der Waals surface area (Å²) >= 11 is 3.32. The number of hydrogen-bond donors (Lipinski definition) is 1. The topological polar surface area (TPSA) is 15.3 Å². The van der Waals surface area contributed by atoms with Crippen molar-refractivity contribution in [3.63, 3.8) is 0 Å². The molecule has 1 aliphatic carbocycles. The van der Waals surface area contributed by atoms with Crippen LogP contribution in [0.5, 0.6) is 0 Å². The molecule has 2 aliphatic rings. The van der Waals surface area contributed by atoms with Crippen molar-refractivity contribution < 1.29 is 4.39 Å². The summed E-state index contributed by atoms with van der Waals surface area (Å²) in [6.07, 6.45) is 6.60. The maximum atomic E-state index is 13.5. The fourth-order valence-electron chi connectivity index (χ4n) is 4.09. The highest BCUT2D eigenvalue weighted by atomic mass is 79.9. The van der Waals surface area contributed by atoms with Crippen LogP contribution in [0.3, 0.4) is 0 Å². The van der Waals surface area contributed by atoms with Crippen LogP contribution in [0.15, 0.2) is 22.7 Å². The molecule has 1 saturated carbocycles. The molecular weight excluding hydrogens is 331 g/mol. The Bertz CT molecular complexity index is 491. The van der Waals surface area contributed by atoms with Gasteiger partial charge < -0.3 is 5.32 Å². The van der Waals surface area contributed by atoms with E-state index in [9.17, 15) is 4.39 Å². The lowest BCUT2D eigenvalue weighted by Crippen LogP contribution is -2.62. The van der Waals surface area contributed by atoms with Gasteiger partial charge in [-0.1, -0.05) is 25.3 Å². The maximum Gasteiger partial charge on any atom is 0.137 e. The molecule has 1 aliphatic heterocycles. The second-order valence-corrected chi connectivity index (χ2v) is 7.36. The Labute approximate surface area is 135 Å². The molecule has 0 amide bonds. The SMILES string of the molecule is CC(c1ccc(F)c(Br)c1)N1CCNCC12CCCCC2. The van der Waals surface area contributed by atoms with Gasteiger partial charge in [0.1, 0.15) is 5.82 Å². The smallest absolute Gasteiger partial charge is 0.137 e. The highest BCUT2D eigenvalue weighted by molar-refractivity contribution is 9.10. The summed E-state index contributed by atoms with van der Waals surface area (Å²) in [5.41, 5.74) is 1.51. The molecule has 0 radical (unpaired) electrons. The molecule has 1 saturated heterocycles. The van der Waals surface area contributed by atoms with Crippen LogP contribution in [0.1, 0.15) is 50.6 Å². The van der Waals surface area contributed by atoms with E-state index in [2.05, 4.69) is 33.1 Å².